The van der Waals surface area contributed by atoms with Crippen LogP contribution >= 0.6 is 27.5 Å². The number of nitrogens with one attached hydrogen (secondary N) is 1. The van der Waals surface area contributed by atoms with E-state index in [1.54, 1.807) is 0 Å². The van der Waals surface area contributed by atoms with Crippen LogP contribution in [0.1, 0.15) is 29.9 Å². The largest absolute Gasteiger partial charge is 0.313 e. The van der Waals surface area contributed by atoms with Gasteiger partial charge in [-0.3, -0.25) is 4.68 Å². The molecule has 0 amide bonds. The topological polar surface area (TPSA) is 29.9 Å². The molecule has 0 saturated heterocycles. The SMILES string of the molecule is CCc1nn(C)c(CC(NC)c2ccc(Cl)cc2)c1Br. The maximum absolute atomic E-state index is 5.95. The Balaban J connectivity index is 2.26. The second-order valence-electron chi connectivity index (χ2n) is 4.78. The van der Waals surface area contributed by atoms with Gasteiger partial charge in [0.2, 0.25) is 0 Å². The normalized spacial score (nSPS) is 12.7. The Morgan fingerprint density at radius 2 is 2.00 bits per heavy atom. The molecule has 108 valence electrons. The average molecular weight is 357 g/mol. The molecule has 0 bridgehead atoms. The van der Waals surface area contributed by atoms with E-state index in [1.807, 2.05) is 30.9 Å². The van der Waals surface area contributed by atoms with Gasteiger partial charge in [0.25, 0.3) is 0 Å². The maximum Gasteiger partial charge on any atom is 0.0766 e. The highest BCUT2D eigenvalue weighted by Crippen LogP contribution is 2.27. The molecule has 3 nitrogen and oxygen atoms in total. The number of nitrogens with zero attached hydrogens (tertiary/aromatic N) is 2. The molecule has 0 spiro atoms. The van der Waals surface area contributed by atoms with E-state index in [9.17, 15) is 0 Å². The average Bonchev–Trinajstić information content (AvgIpc) is 2.72. The fourth-order valence-electron chi connectivity index (χ4n) is 2.32. The lowest BCUT2D eigenvalue weighted by atomic mass is 10.0. The van der Waals surface area contributed by atoms with Crippen molar-refractivity contribution in [2.24, 2.45) is 7.05 Å². The number of halogens is 2. The van der Waals surface area contributed by atoms with Gasteiger partial charge in [-0.15, -0.1) is 0 Å². The molecule has 0 aliphatic rings. The van der Waals surface area contributed by atoms with E-state index in [2.05, 4.69) is 45.4 Å². The van der Waals surface area contributed by atoms with Gasteiger partial charge in [0, 0.05) is 24.5 Å². The molecular weight excluding hydrogens is 338 g/mol. The van der Waals surface area contributed by atoms with Crippen LogP contribution in [-0.4, -0.2) is 16.8 Å². The highest BCUT2D eigenvalue weighted by atomic mass is 79.9. The van der Waals surface area contributed by atoms with Gasteiger partial charge in [0.15, 0.2) is 0 Å². The molecule has 0 radical (unpaired) electrons. The Kier molecular flexibility index (Phi) is 5.24. The third-order valence-corrected chi connectivity index (χ3v) is 4.69. The molecule has 1 unspecified atom stereocenters. The quantitative estimate of drug-likeness (QED) is 0.880. The first-order chi connectivity index (χ1) is 9.56. The fraction of sp³-hybridized carbons (Fsp3) is 0.400. The van der Waals surface area contributed by atoms with Crippen LogP contribution < -0.4 is 5.32 Å². The molecule has 0 saturated carbocycles. The van der Waals surface area contributed by atoms with E-state index in [-0.39, 0.29) is 6.04 Å². The van der Waals surface area contributed by atoms with Crippen LogP contribution in [0.5, 0.6) is 0 Å². The third kappa shape index (κ3) is 3.25. The number of aromatic nitrogens is 2. The Morgan fingerprint density at radius 3 is 2.50 bits per heavy atom. The highest BCUT2D eigenvalue weighted by molar-refractivity contribution is 9.10. The summed E-state index contributed by atoms with van der Waals surface area (Å²) in [6.07, 6.45) is 1.81. The van der Waals surface area contributed by atoms with E-state index in [1.165, 1.54) is 11.3 Å². The molecule has 1 N–H and O–H groups in total. The molecule has 1 atom stereocenters. The summed E-state index contributed by atoms with van der Waals surface area (Å²) in [5, 5.41) is 8.67. The number of likely N-dealkylation sites (N-methyl/N-ethyl adjacent to an activating group) is 1. The molecule has 1 heterocycles. The maximum atomic E-state index is 5.95. The minimum atomic E-state index is 0.240. The fourth-order valence-corrected chi connectivity index (χ4v) is 3.22. The summed E-state index contributed by atoms with van der Waals surface area (Å²) in [6, 6.07) is 8.22. The van der Waals surface area contributed by atoms with Crippen molar-refractivity contribution in [1.29, 1.82) is 0 Å². The zero-order valence-corrected chi connectivity index (χ0v) is 14.3. The van der Waals surface area contributed by atoms with Gasteiger partial charge in [0.1, 0.15) is 0 Å². The van der Waals surface area contributed by atoms with Crippen LogP contribution in [0.25, 0.3) is 0 Å². The van der Waals surface area contributed by atoms with E-state index in [0.29, 0.717) is 0 Å². The summed E-state index contributed by atoms with van der Waals surface area (Å²) < 4.78 is 3.08. The molecule has 0 aliphatic carbocycles. The van der Waals surface area contributed by atoms with E-state index >= 15 is 0 Å². The van der Waals surface area contributed by atoms with Crippen molar-refractivity contribution in [3.05, 3.63) is 50.7 Å². The highest BCUT2D eigenvalue weighted by Gasteiger charge is 2.17. The van der Waals surface area contributed by atoms with Crippen LogP contribution in [-0.2, 0) is 19.9 Å². The molecule has 2 aromatic rings. The van der Waals surface area contributed by atoms with Crippen LogP contribution in [0.2, 0.25) is 5.02 Å². The Labute approximate surface area is 133 Å². The minimum absolute atomic E-state index is 0.240. The molecular formula is C15H19BrClN3. The van der Waals surface area contributed by atoms with Gasteiger partial charge in [-0.1, -0.05) is 30.7 Å². The number of hydrogen-bond acceptors (Lipinski definition) is 2. The minimum Gasteiger partial charge on any atom is -0.313 e. The van der Waals surface area contributed by atoms with Gasteiger partial charge >= 0.3 is 0 Å². The number of rotatable bonds is 5. The van der Waals surface area contributed by atoms with Gasteiger partial charge < -0.3 is 5.32 Å². The van der Waals surface area contributed by atoms with Crippen LogP contribution in [0, 0.1) is 0 Å². The summed E-state index contributed by atoms with van der Waals surface area (Å²) in [6.45, 7) is 2.12. The van der Waals surface area contributed by atoms with Gasteiger partial charge in [-0.2, -0.15) is 5.10 Å². The van der Waals surface area contributed by atoms with Crippen molar-refractivity contribution < 1.29 is 0 Å². The molecule has 2 rings (SSSR count). The first kappa shape index (κ1) is 15.5. The van der Waals surface area contributed by atoms with Crippen LogP contribution in [0.3, 0.4) is 0 Å². The molecule has 0 fully saturated rings. The lowest BCUT2D eigenvalue weighted by Gasteiger charge is -2.17. The first-order valence-corrected chi connectivity index (χ1v) is 7.86. The molecule has 1 aromatic carbocycles. The Morgan fingerprint density at radius 1 is 1.35 bits per heavy atom. The van der Waals surface area contributed by atoms with Crippen LogP contribution in [0.4, 0.5) is 0 Å². The second-order valence-corrected chi connectivity index (χ2v) is 6.01. The number of benzene rings is 1. The van der Waals surface area contributed by atoms with Crippen LogP contribution in [0.15, 0.2) is 28.7 Å². The lowest BCUT2D eigenvalue weighted by molar-refractivity contribution is 0.560. The number of aryl methyl sites for hydroxylation is 2. The number of hydrogen-bond donors (Lipinski definition) is 1. The summed E-state index contributed by atoms with van der Waals surface area (Å²) in [4.78, 5) is 0. The summed E-state index contributed by atoms with van der Waals surface area (Å²) in [5.74, 6) is 0. The van der Waals surface area contributed by atoms with Gasteiger partial charge in [0.05, 0.1) is 15.9 Å². The Bertz CT molecular complexity index is 578. The van der Waals surface area contributed by atoms with E-state index < -0.39 is 0 Å². The van der Waals surface area contributed by atoms with Crippen molar-refractivity contribution >= 4 is 27.5 Å². The van der Waals surface area contributed by atoms with E-state index in [4.69, 9.17) is 11.6 Å². The molecule has 5 heteroatoms. The third-order valence-electron chi connectivity index (χ3n) is 3.52. The van der Waals surface area contributed by atoms with Crippen molar-refractivity contribution in [2.45, 2.75) is 25.8 Å². The summed E-state index contributed by atoms with van der Waals surface area (Å²) in [5.41, 5.74) is 3.53. The first-order valence-electron chi connectivity index (χ1n) is 6.69. The monoisotopic (exact) mass is 355 g/mol. The second kappa shape index (κ2) is 6.74. The summed E-state index contributed by atoms with van der Waals surface area (Å²) in [7, 11) is 3.97. The molecule has 20 heavy (non-hydrogen) atoms. The Hall–Kier alpha value is -0.840. The molecule has 1 aromatic heterocycles. The predicted octanol–water partition coefficient (Wildman–Crippen LogP) is 3.90. The molecule has 0 aliphatic heterocycles. The van der Waals surface area contributed by atoms with Gasteiger partial charge in [-0.25, -0.2) is 0 Å². The predicted molar refractivity (Wildman–Crippen MR) is 87.2 cm³/mol. The van der Waals surface area contributed by atoms with Crippen molar-refractivity contribution in [2.75, 3.05) is 7.05 Å². The smallest absolute Gasteiger partial charge is 0.0766 e. The van der Waals surface area contributed by atoms with Gasteiger partial charge in [-0.05, 0) is 47.1 Å². The zero-order chi connectivity index (χ0) is 14.7. The lowest BCUT2D eigenvalue weighted by Crippen LogP contribution is -2.20. The zero-order valence-electron chi connectivity index (χ0n) is 12.0. The van der Waals surface area contributed by atoms with Crippen molar-refractivity contribution in [3.63, 3.8) is 0 Å². The summed E-state index contributed by atoms with van der Waals surface area (Å²) >= 11 is 9.62. The van der Waals surface area contributed by atoms with E-state index in [0.717, 1.165) is 28.0 Å². The standard InChI is InChI=1S/C15H19BrClN3/c1-4-12-15(16)14(20(3)19-12)9-13(18-2)10-5-7-11(17)8-6-10/h5-8,13,18H,4,9H2,1-3H3. The van der Waals surface area contributed by atoms with Crippen molar-refractivity contribution in [3.8, 4) is 0 Å². The van der Waals surface area contributed by atoms with Crippen molar-refractivity contribution in [1.82, 2.24) is 15.1 Å².